The minimum atomic E-state index is -0.149. The van der Waals surface area contributed by atoms with Crippen molar-refractivity contribution < 1.29 is 23.7 Å². The van der Waals surface area contributed by atoms with Gasteiger partial charge in [-0.25, -0.2) is 0 Å². The molecule has 0 radical (unpaired) electrons. The molecule has 1 aliphatic rings. The van der Waals surface area contributed by atoms with Crippen LogP contribution in [0.15, 0.2) is 30.3 Å². The summed E-state index contributed by atoms with van der Waals surface area (Å²) in [7, 11) is 3.23. The van der Waals surface area contributed by atoms with E-state index in [-0.39, 0.29) is 11.8 Å². The molecule has 1 unspecified atom stereocenters. The van der Waals surface area contributed by atoms with Crippen LogP contribution in [0.2, 0.25) is 0 Å². The van der Waals surface area contributed by atoms with Gasteiger partial charge in [0.05, 0.1) is 27.4 Å². The number of nitrogens with one attached hydrogen (secondary N) is 1. The Hall–Kier alpha value is -2.89. The van der Waals surface area contributed by atoms with Gasteiger partial charge in [-0.05, 0) is 31.5 Å². The van der Waals surface area contributed by atoms with Crippen LogP contribution in [0.4, 0.5) is 5.69 Å². The first kappa shape index (κ1) is 18.9. The van der Waals surface area contributed by atoms with E-state index in [1.807, 2.05) is 44.2 Å². The fraction of sp³-hybridized carbons (Fsp3) is 0.381. The number of hydrogen-bond donors (Lipinski definition) is 1. The molecule has 2 aromatic carbocycles. The lowest BCUT2D eigenvalue weighted by Gasteiger charge is -2.28. The smallest absolute Gasteiger partial charge is 0.225 e. The second-order valence-electron chi connectivity index (χ2n) is 6.16. The van der Waals surface area contributed by atoms with Crippen molar-refractivity contribution in [1.82, 2.24) is 0 Å². The van der Waals surface area contributed by atoms with E-state index in [4.69, 9.17) is 18.9 Å². The molecule has 27 heavy (non-hydrogen) atoms. The third kappa shape index (κ3) is 3.79. The lowest BCUT2D eigenvalue weighted by molar-refractivity contribution is -0.116. The zero-order chi connectivity index (χ0) is 19.4. The molecule has 1 amide bonds. The summed E-state index contributed by atoms with van der Waals surface area (Å²) in [4.78, 5) is 12.4. The van der Waals surface area contributed by atoms with Crippen molar-refractivity contribution in [2.75, 3.05) is 32.8 Å². The number of anilines is 1. The summed E-state index contributed by atoms with van der Waals surface area (Å²) in [5.74, 6) is 2.50. The van der Waals surface area contributed by atoms with E-state index in [1.165, 1.54) is 0 Å². The molecule has 3 rings (SSSR count). The Labute approximate surface area is 159 Å². The molecule has 0 aliphatic carbocycles. The minimum absolute atomic E-state index is 0.0445. The number of amides is 1. The van der Waals surface area contributed by atoms with Crippen LogP contribution < -0.4 is 24.3 Å². The van der Waals surface area contributed by atoms with Crippen molar-refractivity contribution in [3.05, 3.63) is 41.5 Å². The van der Waals surface area contributed by atoms with Crippen molar-refractivity contribution in [2.24, 2.45) is 0 Å². The second kappa shape index (κ2) is 8.20. The quantitative estimate of drug-likeness (QED) is 0.798. The van der Waals surface area contributed by atoms with Crippen molar-refractivity contribution in [2.45, 2.75) is 26.2 Å². The summed E-state index contributed by atoms with van der Waals surface area (Å²) >= 11 is 0. The first-order valence-electron chi connectivity index (χ1n) is 9.06. The van der Waals surface area contributed by atoms with Gasteiger partial charge >= 0.3 is 0 Å². The molecule has 1 aliphatic heterocycles. The predicted octanol–water partition coefficient (Wildman–Crippen LogP) is 3.98. The zero-order valence-corrected chi connectivity index (χ0v) is 16.1. The summed E-state index contributed by atoms with van der Waals surface area (Å²) < 4.78 is 22.3. The van der Waals surface area contributed by atoms with Crippen LogP contribution in [0, 0.1) is 0 Å². The van der Waals surface area contributed by atoms with E-state index < -0.39 is 0 Å². The maximum atomic E-state index is 12.4. The summed E-state index contributed by atoms with van der Waals surface area (Å²) in [6.07, 6.45) is 0.329. The molecule has 1 heterocycles. The maximum Gasteiger partial charge on any atom is 0.225 e. The summed E-state index contributed by atoms with van der Waals surface area (Å²) in [5, 5.41) is 2.95. The van der Waals surface area contributed by atoms with Gasteiger partial charge in [0.25, 0.3) is 0 Å². The van der Waals surface area contributed by atoms with E-state index in [0.717, 1.165) is 16.8 Å². The summed E-state index contributed by atoms with van der Waals surface area (Å²) in [6.45, 7) is 4.89. The first-order valence-corrected chi connectivity index (χ1v) is 9.06. The lowest BCUT2D eigenvalue weighted by Crippen LogP contribution is -2.24. The van der Waals surface area contributed by atoms with Gasteiger partial charge in [-0.2, -0.15) is 0 Å². The van der Waals surface area contributed by atoms with Gasteiger partial charge < -0.3 is 24.3 Å². The molecule has 0 saturated heterocycles. The maximum absolute atomic E-state index is 12.4. The Morgan fingerprint density at radius 3 is 2.26 bits per heavy atom. The number of carbonyl (C=O) groups excluding carboxylic acids is 1. The predicted molar refractivity (Wildman–Crippen MR) is 103 cm³/mol. The molecular formula is C21H25NO5. The largest absolute Gasteiger partial charge is 0.497 e. The van der Waals surface area contributed by atoms with Gasteiger partial charge in [0.2, 0.25) is 5.91 Å². The molecule has 1 N–H and O–H groups in total. The summed E-state index contributed by atoms with van der Waals surface area (Å²) in [6, 6.07) is 9.45. The molecule has 0 bridgehead atoms. The van der Waals surface area contributed by atoms with Gasteiger partial charge in [0, 0.05) is 35.7 Å². The molecule has 0 fully saturated rings. The van der Waals surface area contributed by atoms with Gasteiger partial charge in [-0.15, -0.1) is 0 Å². The normalized spacial score (nSPS) is 15.6. The van der Waals surface area contributed by atoms with Crippen LogP contribution in [-0.2, 0) is 4.79 Å². The van der Waals surface area contributed by atoms with Crippen molar-refractivity contribution in [3.63, 3.8) is 0 Å². The molecule has 6 nitrogen and oxygen atoms in total. The number of fused-ring (bicyclic) bond motifs is 1. The standard InChI is InChI=1S/C21H25NO5/c1-5-26-19-10-16-15(14-8-7-13(24-3)9-18(14)25-4)11-21(23)22-17(16)12-20(19)27-6-2/h7-10,12,15H,5-6,11H2,1-4H3,(H,22,23). The Morgan fingerprint density at radius 1 is 0.926 bits per heavy atom. The number of hydrogen-bond acceptors (Lipinski definition) is 5. The Kier molecular flexibility index (Phi) is 5.74. The van der Waals surface area contributed by atoms with Crippen LogP contribution in [0.25, 0.3) is 0 Å². The second-order valence-corrected chi connectivity index (χ2v) is 6.16. The molecule has 0 saturated carbocycles. The van der Waals surface area contributed by atoms with E-state index in [0.29, 0.717) is 42.6 Å². The highest BCUT2D eigenvalue weighted by atomic mass is 16.5. The number of carbonyl (C=O) groups is 1. The van der Waals surface area contributed by atoms with Crippen molar-refractivity contribution in [3.8, 4) is 23.0 Å². The van der Waals surface area contributed by atoms with Crippen LogP contribution >= 0.6 is 0 Å². The average molecular weight is 371 g/mol. The average Bonchev–Trinajstić information content (AvgIpc) is 2.68. The highest BCUT2D eigenvalue weighted by molar-refractivity contribution is 5.96. The Bertz CT molecular complexity index is 834. The fourth-order valence-electron chi connectivity index (χ4n) is 3.39. The number of rotatable bonds is 7. The number of ether oxygens (including phenoxy) is 4. The Balaban J connectivity index is 2.12. The van der Waals surface area contributed by atoms with Gasteiger partial charge in [0.1, 0.15) is 11.5 Å². The van der Waals surface area contributed by atoms with Crippen LogP contribution in [0.3, 0.4) is 0 Å². The number of methoxy groups -OCH3 is 2. The van der Waals surface area contributed by atoms with E-state index in [2.05, 4.69) is 5.32 Å². The van der Waals surface area contributed by atoms with Crippen LogP contribution in [-0.4, -0.2) is 33.3 Å². The van der Waals surface area contributed by atoms with Gasteiger partial charge in [-0.1, -0.05) is 6.07 Å². The molecule has 1 atom stereocenters. The third-order valence-electron chi connectivity index (χ3n) is 4.57. The molecular weight excluding hydrogens is 346 g/mol. The summed E-state index contributed by atoms with van der Waals surface area (Å²) in [5.41, 5.74) is 2.65. The van der Waals surface area contributed by atoms with Crippen molar-refractivity contribution in [1.29, 1.82) is 0 Å². The molecule has 2 aromatic rings. The molecule has 0 aromatic heterocycles. The molecule has 144 valence electrons. The molecule has 0 spiro atoms. The van der Waals surface area contributed by atoms with E-state index in [1.54, 1.807) is 14.2 Å². The van der Waals surface area contributed by atoms with Crippen LogP contribution in [0.5, 0.6) is 23.0 Å². The number of benzene rings is 2. The highest BCUT2D eigenvalue weighted by Gasteiger charge is 2.30. The fourth-order valence-corrected chi connectivity index (χ4v) is 3.39. The molecule has 6 heteroatoms. The van der Waals surface area contributed by atoms with Gasteiger partial charge in [0.15, 0.2) is 11.5 Å². The highest BCUT2D eigenvalue weighted by Crippen LogP contribution is 2.45. The van der Waals surface area contributed by atoms with Crippen molar-refractivity contribution >= 4 is 11.6 Å². The van der Waals surface area contributed by atoms with Gasteiger partial charge in [-0.3, -0.25) is 4.79 Å². The topological polar surface area (TPSA) is 66.0 Å². The van der Waals surface area contributed by atoms with Crippen LogP contribution in [0.1, 0.15) is 37.3 Å². The zero-order valence-electron chi connectivity index (χ0n) is 16.1. The van der Waals surface area contributed by atoms with E-state index in [9.17, 15) is 4.79 Å². The first-order chi connectivity index (χ1) is 13.1. The lowest BCUT2D eigenvalue weighted by atomic mass is 9.84. The Morgan fingerprint density at radius 2 is 1.63 bits per heavy atom. The monoisotopic (exact) mass is 371 g/mol. The SMILES string of the molecule is CCOc1cc2c(cc1OCC)C(c1ccc(OC)cc1OC)CC(=O)N2. The minimum Gasteiger partial charge on any atom is -0.497 e. The third-order valence-corrected chi connectivity index (χ3v) is 4.57. The van der Waals surface area contributed by atoms with E-state index >= 15 is 0 Å².